The standard InChI is InChI=1S/C20H20N4O4/c1-13-17(19(25)21-15-9-11-16(12-10-15)24(27)28)18(14-7-5-4-6-8-14)23(3)20(26)22(13)2/h4-12,18H,1-3H3,(H,21,25). The molecule has 0 aromatic heterocycles. The van der Waals surface area contributed by atoms with Gasteiger partial charge in [-0.05, 0) is 24.6 Å². The second-order valence-corrected chi connectivity index (χ2v) is 6.52. The molecule has 8 nitrogen and oxygen atoms in total. The molecule has 0 aliphatic carbocycles. The van der Waals surface area contributed by atoms with Gasteiger partial charge in [0.1, 0.15) is 0 Å². The zero-order chi connectivity index (χ0) is 20.4. The molecule has 28 heavy (non-hydrogen) atoms. The van der Waals surface area contributed by atoms with E-state index in [1.807, 2.05) is 30.3 Å². The third-order valence-corrected chi connectivity index (χ3v) is 4.84. The first-order chi connectivity index (χ1) is 13.3. The van der Waals surface area contributed by atoms with E-state index < -0.39 is 11.0 Å². The van der Waals surface area contributed by atoms with Crippen LogP contribution >= 0.6 is 0 Å². The normalized spacial score (nSPS) is 17.0. The zero-order valence-corrected chi connectivity index (χ0v) is 15.7. The van der Waals surface area contributed by atoms with Gasteiger partial charge in [0.15, 0.2) is 0 Å². The van der Waals surface area contributed by atoms with E-state index in [2.05, 4.69) is 5.32 Å². The van der Waals surface area contributed by atoms with Gasteiger partial charge in [0.2, 0.25) is 0 Å². The third-order valence-electron chi connectivity index (χ3n) is 4.84. The first-order valence-corrected chi connectivity index (χ1v) is 8.63. The second kappa shape index (κ2) is 7.51. The van der Waals surface area contributed by atoms with Crippen molar-refractivity contribution in [1.29, 1.82) is 0 Å². The number of benzene rings is 2. The van der Waals surface area contributed by atoms with Crippen molar-refractivity contribution in [2.45, 2.75) is 13.0 Å². The topological polar surface area (TPSA) is 95.8 Å². The molecule has 144 valence electrons. The highest BCUT2D eigenvalue weighted by Gasteiger charge is 2.38. The summed E-state index contributed by atoms with van der Waals surface area (Å²) in [7, 11) is 3.27. The van der Waals surface area contributed by atoms with Gasteiger partial charge in [0.25, 0.3) is 11.6 Å². The maximum atomic E-state index is 13.1. The van der Waals surface area contributed by atoms with Gasteiger partial charge >= 0.3 is 6.03 Å². The Bertz CT molecular complexity index is 954. The maximum Gasteiger partial charge on any atom is 0.324 e. The highest BCUT2D eigenvalue weighted by atomic mass is 16.6. The van der Waals surface area contributed by atoms with Crippen LogP contribution in [-0.4, -0.2) is 40.8 Å². The van der Waals surface area contributed by atoms with E-state index in [0.29, 0.717) is 17.0 Å². The molecule has 3 amide bonds. The average Bonchev–Trinajstić information content (AvgIpc) is 2.69. The van der Waals surface area contributed by atoms with Crippen LogP contribution in [0.15, 0.2) is 65.9 Å². The number of hydrogen-bond acceptors (Lipinski definition) is 4. The highest BCUT2D eigenvalue weighted by Crippen LogP contribution is 2.36. The summed E-state index contributed by atoms with van der Waals surface area (Å²) in [6, 6.07) is 14.2. The Hall–Kier alpha value is -3.68. The molecule has 0 radical (unpaired) electrons. The molecule has 1 heterocycles. The number of hydrogen-bond donors (Lipinski definition) is 1. The summed E-state index contributed by atoms with van der Waals surface area (Å²) < 4.78 is 0. The molecule has 1 N–H and O–H groups in total. The minimum Gasteiger partial charge on any atom is -0.322 e. The monoisotopic (exact) mass is 380 g/mol. The number of non-ortho nitro benzene ring substituents is 1. The lowest BCUT2D eigenvalue weighted by Gasteiger charge is -2.39. The van der Waals surface area contributed by atoms with Gasteiger partial charge < -0.3 is 15.1 Å². The molecule has 1 aliphatic rings. The van der Waals surface area contributed by atoms with Crippen molar-refractivity contribution in [2.24, 2.45) is 0 Å². The molecular formula is C20H20N4O4. The summed E-state index contributed by atoms with van der Waals surface area (Å²) in [6.07, 6.45) is 0. The number of rotatable bonds is 4. The molecule has 0 saturated heterocycles. The summed E-state index contributed by atoms with van der Waals surface area (Å²) >= 11 is 0. The number of nitrogens with zero attached hydrogens (tertiary/aromatic N) is 3. The molecular weight excluding hydrogens is 360 g/mol. The second-order valence-electron chi connectivity index (χ2n) is 6.52. The van der Waals surface area contributed by atoms with Crippen LogP contribution in [0.5, 0.6) is 0 Å². The molecule has 2 aromatic carbocycles. The van der Waals surface area contributed by atoms with E-state index >= 15 is 0 Å². The van der Waals surface area contributed by atoms with Crippen LogP contribution in [0.3, 0.4) is 0 Å². The minimum atomic E-state index is -0.539. The quantitative estimate of drug-likeness (QED) is 0.648. The van der Waals surface area contributed by atoms with Gasteiger partial charge in [-0.2, -0.15) is 0 Å². The SMILES string of the molecule is CC1=C(C(=O)Nc2ccc([N+](=O)[O-])cc2)C(c2ccccc2)N(C)C(=O)N1C. The Kier molecular flexibility index (Phi) is 5.12. The number of carbonyl (C=O) groups is 2. The summed E-state index contributed by atoms with van der Waals surface area (Å²) in [4.78, 5) is 38.9. The molecule has 0 bridgehead atoms. The molecule has 1 unspecified atom stereocenters. The number of nitro groups is 1. The minimum absolute atomic E-state index is 0.0571. The van der Waals surface area contributed by atoms with E-state index in [1.165, 1.54) is 34.1 Å². The molecule has 8 heteroatoms. The van der Waals surface area contributed by atoms with Crippen LogP contribution in [0, 0.1) is 10.1 Å². The summed E-state index contributed by atoms with van der Waals surface area (Å²) in [5.74, 6) is -0.369. The Balaban J connectivity index is 1.98. The van der Waals surface area contributed by atoms with E-state index in [-0.39, 0.29) is 17.6 Å². The first-order valence-electron chi connectivity index (χ1n) is 8.63. The van der Waals surface area contributed by atoms with Crippen molar-refractivity contribution in [3.63, 3.8) is 0 Å². The molecule has 0 saturated carbocycles. The van der Waals surface area contributed by atoms with Gasteiger partial charge in [-0.25, -0.2) is 4.79 Å². The summed E-state index contributed by atoms with van der Waals surface area (Å²) in [5.41, 5.74) is 2.19. The van der Waals surface area contributed by atoms with Gasteiger partial charge in [0, 0.05) is 37.6 Å². The maximum absolute atomic E-state index is 13.1. The van der Waals surface area contributed by atoms with Gasteiger partial charge in [0.05, 0.1) is 16.5 Å². The number of anilines is 1. The first kappa shape index (κ1) is 19.1. The lowest BCUT2D eigenvalue weighted by molar-refractivity contribution is -0.384. The van der Waals surface area contributed by atoms with Crippen LogP contribution in [0.2, 0.25) is 0 Å². The number of nitro benzene ring substituents is 1. The molecule has 0 spiro atoms. The van der Waals surface area contributed by atoms with Crippen LogP contribution < -0.4 is 5.32 Å². The number of carbonyl (C=O) groups excluding carboxylic acids is 2. The Morgan fingerprint density at radius 2 is 1.68 bits per heavy atom. The Labute approximate surface area is 162 Å². The molecule has 2 aromatic rings. The fourth-order valence-electron chi connectivity index (χ4n) is 3.24. The number of likely N-dealkylation sites (N-methyl/N-ethyl adjacent to an activating group) is 1. The highest BCUT2D eigenvalue weighted by molar-refractivity contribution is 6.06. The number of allylic oxidation sites excluding steroid dienone is 1. The largest absolute Gasteiger partial charge is 0.324 e. The molecule has 1 aliphatic heterocycles. The number of urea groups is 1. The van der Waals surface area contributed by atoms with E-state index in [0.717, 1.165) is 5.56 Å². The predicted molar refractivity (Wildman–Crippen MR) is 105 cm³/mol. The smallest absolute Gasteiger partial charge is 0.322 e. The summed E-state index contributed by atoms with van der Waals surface area (Å²) in [5, 5.41) is 13.6. The molecule has 0 fully saturated rings. The Morgan fingerprint density at radius 1 is 1.07 bits per heavy atom. The number of nitrogens with one attached hydrogen (secondary N) is 1. The molecule has 3 rings (SSSR count). The van der Waals surface area contributed by atoms with Crippen LogP contribution in [0.1, 0.15) is 18.5 Å². The lowest BCUT2D eigenvalue weighted by atomic mass is 9.93. The number of amides is 3. The molecule has 1 atom stereocenters. The van der Waals surface area contributed by atoms with Crippen molar-refractivity contribution < 1.29 is 14.5 Å². The fraction of sp³-hybridized carbons (Fsp3) is 0.200. The van der Waals surface area contributed by atoms with Gasteiger partial charge in [-0.3, -0.25) is 14.9 Å². The van der Waals surface area contributed by atoms with E-state index in [9.17, 15) is 19.7 Å². The van der Waals surface area contributed by atoms with Crippen molar-refractivity contribution in [3.8, 4) is 0 Å². The zero-order valence-electron chi connectivity index (χ0n) is 15.7. The van der Waals surface area contributed by atoms with Crippen LogP contribution in [0.4, 0.5) is 16.2 Å². The fourth-order valence-corrected chi connectivity index (χ4v) is 3.24. The average molecular weight is 380 g/mol. The van der Waals surface area contributed by atoms with Crippen molar-refractivity contribution in [1.82, 2.24) is 9.80 Å². The van der Waals surface area contributed by atoms with E-state index in [1.54, 1.807) is 21.0 Å². The third kappa shape index (κ3) is 3.44. The van der Waals surface area contributed by atoms with Crippen molar-refractivity contribution in [3.05, 3.63) is 81.5 Å². The van der Waals surface area contributed by atoms with Gasteiger partial charge in [-0.1, -0.05) is 30.3 Å². The van der Waals surface area contributed by atoms with E-state index in [4.69, 9.17) is 0 Å². The Morgan fingerprint density at radius 3 is 2.25 bits per heavy atom. The van der Waals surface area contributed by atoms with Crippen molar-refractivity contribution in [2.75, 3.05) is 19.4 Å². The van der Waals surface area contributed by atoms with Gasteiger partial charge in [-0.15, -0.1) is 0 Å². The predicted octanol–water partition coefficient (Wildman–Crippen LogP) is 3.55. The summed E-state index contributed by atoms with van der Waals surface area (Å²) in [6.45, 7) is 1.73. The lowest BCUT2D eigenvalue weighted by Crippen LogP contribution is -2.47. The van der Waals surface area contributed by atoms with Crippen LogP contribution in [-0.2, 0) is 4.79 Å². The van der Waals surface area contributed by atoms with Crippen molar-refractivity contribution >= 4 is 23.3 Å². The van der Waals surface area contributed by atoms with Crippen LogP contribution in [0.25, 0.3) is 0 Å².